The molecule has 0 aliphatic heterocycles. The molecule has 0 saturated heterocycles. The molecule has 2 heteroatoms. The second-order valence-electron chi connectivity index (χ2n) is 18.5. The fourth-order valence-corrected chi connectivity index (χ4v) is 8.63. The highest BCUT2D eigenvalue weighted by Gasteiger charge is 2.36. The molecule has 0 aliphatic carbocycles. The third-order valence-corrected chi connectivity index (χ3v) is 13.8. The Balaban J connectivity index is 1.36. The largest absolute Gasteiger partial charge is 0.292 e. The normalized spacial score (nSPS) is 16.1. The van der Waals surface area contributed by atoms with Crippen LogP contribution in [0, 0.1) is 21.7 Å². The standard InChI is InChI=1S/C48H64N2/c1-12-14-28-48(11,46(7,8)9)29-17-18-34-21-26-42-40(31-34)49-44-39-25-23-36-32-35(33(3)27-30-47(10,13-2)45(4,5)6)22-24-37(36)43(39)38-19-15-16-20-41(38)50(42)44/h15-16,19-26,31-33H,12-14,17-18,27-30H2,1-11H3. The van der Waals surface area contributed by atoms with Crippen LogP contribution in [0.4, 0.5) is 0 Å². The summed E-state index contributed by atoms with van der Waals surface area (Å²) < 4.78 is 2.40. The minimum absolute atomic E-state index is 0.303. The Morgan fingerprint density at radius 3 is 2.06 bits per heavy atom. The van der Waals surface area contributed by atoms with Crippen molar-refractivity contribution in [2.45, 2.75) is 140 Å². The van der Waals surface area contributed by atoms with Crippen molar-refractivity contribution in [2.24, 2.45) is 21.7 Å². The van der Waals surface area contributed by atoms with Crippen molar-refractivity contribution in [3.63, 3.8) is 0 Å². The number of fused-ring (bicyclic) bond motifs is 10. The molecule has 3 unspecified atom stereocenters. The number of nitrogens with zero attached hydrogens (tertiary/aromatic N) is 2. The molecule has 2 nitrogen and oxygen atoms in total. The lowest BCUT2D eigenvalue weighted by atomic mass is 9.63. The monoisotopic (exact) mass is 669 g/mol. The van der Waals surface area contributed by atoms with Crippen molar-refractivity contribution in [3.8, 4) is 0 Å². The van der Waals surface area contributed by atoms with E-state index in [1.54, 1.807) is 0 Å². The fraction of sp³-hybridized carbons (Fsp3) is 0.521. The zero-order chi connectivity index (χ0) is 36.1. The number of aryl methyl sites for hydroxylation is 1. The highest BCUT2D eigenvalue weighted by molar-refractivity contribution is 6.24. The first-order valence-corrected chi connectivity index (χ1v) is 19.8. The minimum atomic E-state index is 0.303. The molecule has 3 atom stereocenters. The van der Waals surface area contributed by atoms with Crippen LogP contribution < -0.4 is 0 Å². The summed E-state index contributed by atoms with van der Waals surface area (Å²) in [6, 6.07) is 27.9. The van der Waals surface area contributed by atoms with E-state index in [4.69, 9.17) is 4.98 Å². The maximum absolute atomic E-state index is 5.38. The Kier molecular flexibility index (Phi) is 9.92. The van der Waals surface area contributed by atoms with Gasteiger partial charge in [0.25, 0.3) is 0 Å². The summed E-state index contributed by atoms with van der Waals surface area (Å²) in [6.07, 6.45) is 11.1. The smallest absolute Gasteiger partial charge is 0.146 e. The van der Waals surface area contributed by atoms with Crippen molar-refractivity contribution in [3.05, 3.63) is 83.9 Å². The lowest BCUT2D eigenvalue weighted by Crippen LogP contribution is -2.33. The van der Waals surface area contributed by atoms with Gasteiger partial charge in [0.2, 0.25) is 0 Å². The van der Waals surface area contributed by atoms with Gasteiger partial charge >= 0.3 is 0 Å². The third kappa shape index (κ3) is 6.57. The summed E-state index contributed by atoms with van der Waals surface area (Å²) >= 11 is 0. The Labute approximate surface area is 303 Å². The predicted molar refractivity (Wildman–Crippen MR) is 221 cm³/mol. The van der Waals surface area contributed by atoms with Crippen molar-refractivity contribution < 1.29 is 0 Å². The molecule has 0 N–H and O–H groups in total. The summed E-state index contributed by atoms with van der Waals surface area (Å²) in [5.74, 6) is 0.521. The number of para-hydroxylation sites is 1. The van der Waals surface area contributed by atoms with E-state index in [-0.39, 0.29) is 0 Å². The number of hydrogen-bond donors (Lipinski definition) is 0. The number of rotatable bonds is 12. The number of unbranched alkanes of at least 4 members (excludes halogenated alkanes) is 1. The third-order valence-electron chi connectivity index (χ3n) is 13.8. The fourth-order valence-electron chi connectivity index (χ4n) is 8.63. The van der Waals surface area contributed by atoms with E-state index in [2.05, 4.69) is 153 Å². The van der Waals surface area contributed by atoms with Gasteiger partial charge in [-0.1, -0.05) is 144 Å². The minimum Gasteiger partial charge on any atom is -0.292 e. The molecule has 0 radical (unpaired) electrons. The summed E-state index contributed by atoms with van der Waals surface area (Å²) in [6.45, 7) is 26.6. The number of benzene rings is 4. The van der Waals surface area contributed by atoms with Gasteiger partial charge in [-0.3, -0.25) is 4.40 Å². The zero-order valence-corrected chi connectivity index (χ0v) is 33.3. The number of pyridine rings is 1. The van der Waals surface area contributed by atoms with Crippen molar-refractivity contribution in [1.82, 2.24) is 9.38 Å². The van der Waals surface area contributed by atoms with Crippen LogP contribution in [0.5, 0.6) is 0 Å². The van der Waals surface area contributed by atoms with Gasteiger partial charge in [-0.2, -0.15) is 0 Å². The van der Waals surface area contributed by atoms with Gasteiger partial charge in [0, 0.05) is 16.2 Å². The molecule has 50 heavy (non-hydrogen) atoms. The highest BCUT2D eigenvalue weighted by Crippen LogP contribution is 2.48. The average Bonchev–Trinajstić information content (AvgIpc) is 3.47. The van der Waals surface area contributed by atoms with Gasteiger partial charge in [0.15, 0.2) is 0 Å². The molecule has 2 aromatic heterocycles. The number of imidazole rings is 1. The molecule has 266 valence electrons. The quantitative estimate of drug-likeness (QED) is 0.119. The van der Waals surface area contributed by atoms with E-state index < -0.39 is 0 Å². The molecule has 6 aromatic rings. The molecular weight excluding hydrogens is 605 g/mol. The van der Waals surface area contributed by atoms with Gasteiger partial charge in [0.05, 0.1) is 16.6 Å². The van der Waals surface area contributed by atoms with Crippen molar-refractivity contribution >= 4 is 49.1 Å². The van der Waals surface area contributed by atoms with Crippen molar-refractivity contribution in [2.75, 3.05) is 0 Å². The first-order chi connectivity index (χ1) is 23.6. The lowest BCUT2D eigenvalue weighted by molar-refractivity contribution is 0.0794. The van der Waals surface area contributed by atoms with Crippen LogP contribution in [0.25, 0.3) is 49.1 Å². The van der Waals surface area contributed by atoms with Gasteiger partial charge in [-0.15, -0.1) is 0 Å². The van der Waals surface area contributed by atoms with Crippen LogP contribution in [0.3, 0.4) is 0 Å². The van der Waals surface area contributed by atoms with Crippen LogP contribution in [0.15, 0.2) is 72.8 Å². The van der Waals surface area contributed by atoms with Gasteiger partial charge in [-0.05, 0) is 112 Å². The molecule has 0 spiro atoms. The molecule has 6 rings (SSSR count). The highest BCUT2D eigenvalue weighted by atomic mass is 15.0. The molecule has 2 heterocycles. The molecule has 0 amide bonds. The Morgan fingerprint density at radius 1 is 0.660 bits per heavy atom. The Hall–Kier alpha value is -3.39. The summed E-state index contributed by atoms with van der Waals surface area (Å²) in [5, 5.41) is 6.49. The molecule has 0 fully saturated rings. The molecule has 0 aliphatic rings. The molecule has 0 bridgehead atoms. The van der Waals surface area contributed by atoms with E-state index in [9.17, 15) is 0 Å². The van der Waals surface area contributed by atoms with Crippen LogP contribution in [0.2, 0.25) is 0 Å². The second kappa shape index (κ2) is 13.6. The Bertz CT molecular complexity index is 2130. The molecular formula is C48H64N2. The number of aromatic nitrogens is 2. The second-order valence-corrected chi connectivity index (χ2v) is 18.5. The number of hydrogen-bond acceptors (Lipinski definition) is 1. The summed E-state index contributed by atoms with van der Waals surface area (Å²) in [5.41, 5.74) is 8.75. The van der Waals surface area contributed by atoms with E-state index in [0.29, 0.717) is 27.6 Å². The zero-order valence-electron chi connectivity index (χ0n) is 33.3. The van der Waals surface area contributed by atoms with Gasteiger partial charge in [-0.25, -0.2) is 4.98 Å². The van der Waals surface area contributed by atoms with Gasteiger partial charge in [0.1, 0.15) is 5.65 Å². The topological polar surface area (TPSA) is 17.3 Å². The van der Waals surface area contributed by atoms with Crippen LogP contribution in [-0.4, -0.2) is 9.38 Å². The maximum atomic E-state index is 5.38. The molecule has 4 aromatic carbocycles. The van der Waals surface area contributed by atoms with E-state index in [0.717, 1.165) is 17.6 Å². The molecule has 0 saturated carbocycles. The van der Waals surface area contributed by atoms with Crippen molar-refractivity contribution in [1.29, 1.82) is 0 Å². The van der Waals surface area contributed by atoms with Gasteiger partial charge < -0.3 is 0 Å². The predicted octanol–water partition coefficient (Wildman–Crippen LogP) is 14.9. The van der Waals surface area contributed by atoms with Crippen LogP contribution in [0.1, 0.15) is 145 Å². The Morgan fingerprint density at radius 2 is 1.36 bits per heavy atom. The summed E-state index contributed by atoms with van der Waals surface area (Å²) in [7, 11) is 0. The first kappa shape index (κ1) is 36.4. The van der Waals surface area contributed by atoms with Crippen LogP contribution in [-0.2, 0) is 6.42 Å². The summed E-state index contributed by atoms with van der Waals surface area (Å²) in [4.78, 5) is 5.38. The van der Waals surface area contributed by atoms with E-state index >= 15 is 0 Å². The van der Waals surface area contributed by atoms with E-state index in [1.165, 1.54) is 100 Å². The SMILES string of the molecule is CCCCC(C)(CCCc1ccc2c(c1)nc1c3ccc4cc(C(C)CCC(C)(CC)C(C)(C)C)ccc4c3c3ccccc3n21)C(C)(C)C. The average molecular weight is 669 g/mol. The van der Waals surface area contributed by atoms with E-state index in [1.807, 2.05) is 0 Å². The first-order valence-electron chi connectivity index (χ1n) is 19.8. The van der Waals surface area contributed by atoms with Crippen LogP contribution >= 0.6 is 0 Å². The maximum Gasteiger partial charge on any atom is 0.146 e. The lowest BCUT2D eigenvalue weighted by Gasteiger charge is -2.43.